The number of pyridine rings is 1. The van der Waals surface area contributed by atoms with Gasteiger partial charge in [0, 0.05) is 24.5 Å². The molecule has 1 heterocycles. The topological polar surface area (TPSA) is 40.5 Å². The monoisotopic (exact) mass is 245 g/mol. The first-order valence-corrected chi connectivity index (χ1v) is 5.71. The zero-order chi connectivity index (χ0) is 12.8. The van der Waals surface area contributed by atoms with Crippen molar-refractivity contribution in [1.29, 1.82) is 0 Å². The molecular formula is C14H15NO3. The van der Waals surface area contributed by atoms with Gasteiger partial charge < -0.3 is 14.0 Å². The van der Waals surface area contributed by atoms with Crippen molar-refractivity contribution < 1.29 is 9.47 Å². The van der Waals surface area contributed by atoms with Crippen LogP contribution in [-0.4, -0.2) is 18.3 Å². The number of para-hydroxylation sites is 2. The first kappa shape index (κ1) is 12.2. The van der Waals surface area contributed by atoms with Crippen molar-refractivity contribution in [3.63, 3.8) is 0 Å². The minimum atomic E-state index is 0.0110. The van der Waals surface area contributed by atoms with Crippen molar-refractivity contribution >= 4 is 0 Å². The summed E-state index contributed by atoms with van der Waals surface area (Å²) in [5, 5.41) is 0. The molecule has 0 atom stereocenters. The van der Waals surface area contributed by atoms with E-state index in [9.17, 15) is 4.79 Å². The molecule has 0 amide bonds. The zero-order valence-electron chi connectivity index (χ0n) is 10.2. The predicted molar refractivity (Wildman–Crippen MR) is 69.2 cm³/mol. The van der Waals surface area contributed by atoms with Crippen molar-refractivity contribution in [3.8, 4) is 11.5 Å². The van der Waals surface area contributed by atoms with Gasteiger partial charge >= 0.3 is 0 Å². The van der Waals surface area contributed by atoms with E-state index >= 15 is 0 Å². The number of hydrogen-bond acceptors (Lipinski definition) is 3. The van der Waals surface area contributed by atoms with Crippen molar-refractivity contribution in [3.05, 3.63) is 59.0 Å². The molecule has 2 rings (SSSR count). The van der Waals surface area contributed by atoms with Crippen LogP contribution in [-0.2, 0) is 6.54 Å². The Bertz CT molecular complexity index is 542. The lowest BCUT2D eigenvalue weighted by molar-refractivity contribution is 0.279. The molecule has 0 spiro atoms. The molecule has 18 heavy (non-hydrogen) atoms. The summed E-state index contributed by atoms with van der Waals surface area (Å²) < 4.78 is 12.7. The summed E-state index contributed by atoms with van der Waals surface area (Å²) in [5.74, 6) is 1.44. The van der Waals surface area contributed by atoms with Crippen LogP contribution in [0.3, 0.4) is 0 Å². The Morgan fingerprint density at radius 1 is 1.06 bits per heavy atom. The van der Waals surface area contributed by atoms with Crippen LogP contribution in [0.15, 0.2) is 53.6 Å². The highest BCUT2D eigenvalue weighted by Gasteiger charge is 2.01. The predicted octanol–water partition coefficient (Wildman–Crippen LogP) is 1.94. The number of benzene rings is 1. The third-order valence-electron chi connectivity index (χ3n) is 2.54. The van der Waals surface area contributed by atoms with Gasteiger partial charge in [0.25, 0.3) is 0 Å². The highest BCUT2D eigenvalue weighted by molar-refractivity contribution is 5.39. The van der Waals surface area contributed by atoms with Gasteiger partial charge in [-0.15, -0.1) is 0 Å². The van der Waals surface area contributed by atoms with Gasteiger partial charge in [0.15, 0.2) is 16.9 Å². The minimum Gasteiger partial charge on any atom is -0.493 e. The van der Waals surface area contributed by atoms with Crippen LogP contribution < -0.4 is 14.9 Å². The van der Waals surface area contributed by atoms with Crippen LogP contribution in [0.25, 0.3) is 0 Å². The Morgan fingerprint density at radius 2 is 1.72 bits per heavy atom. The number of hydrogen-bond donors (Lipinski definition) is 0. The number of methoxy groups -OCH3 is 1. The van der Waals surface area contributed by atoms with E-state index in [1.54, 1.807) is 19.5 Å². The molecule has 0 radical (unpaired) electrons. The molecular weight excluding hydrogens is 230 g/mol. The summed E-state index contributed by atoms with van der Waals surface area (Å²) in [4.78, 5) is 10.9. The third-order valence-corrected chi connectivity index (χ3v) is 2.54. The maximum absolute atomic E-state index is 10.9. The molecule has 0 aliphatic rings. The number of rotatable bonds is 5. The maximum Gasteiger partial charge on any atom is 0.181 e. The molecule has 2 aromatic rings. The van der Waals surface area contributed by atoms with Gasteiger partial charge in [0.2, 0.25) is 0 Å². The van der Waals surface area contributed by atoms with E-state index in [-0.39, 0.29) is 5.43 Å². The average molecular weight is 245 g/mol. The molecule has 0 unspecified atom stereocenters. The fourth-order valence-corrected chi connectivity index (χ4v) is 1.59. The summed E-state index contributed by atoms with van der Waals surface area (Å²) in [7, 11) is 1.61. The SMILES string of the molecule is COc1ccccc1OCCn1ccc(=O)cc1. The van der Waals surface area contributed by atoms with Crippen LogP contribution >= 0.6 is 0 Å². The van der Waals surface area contributed by atoms with E-state index in [0.29, 0.717) is 13.2 Å². The summed E-state index contributed by atoms with van der Waals surface area (Å²) in [6.07, 6.45) is 3.49. The highest BCUT2D eigenvalue weighted by Crippen LogP contribution is 2.25. The van der Waals surface area contributed by atoms with Gasteiger partial charge in [0.1, 0.15) is 6.61 Å². The van der Waals surface area contributed by atoms with Gasteiger partial charge in [0.05, 0.1) is 13.7 Å². The molecule has 4 heteroatoms. The Hall–Kier alpha value is -2.23. The molecule has 1 aromatic heterocycles. The van der Waals surface area contributed by atoms with E-state index in [0.717, 1.165) is 11.5 Å². The van der Waals surface area contributed by atoms with Gasteiger partial charge in [-0.1, -0.05) is 12.1 Å². The number of nitrogens with zero attached hydrogens (tertiary/aromatic N) is 1. The normalized spacial score (nSPS) is 10.1. The largest absolute Gasteiger partial charge is 0.493 e. The molecule has 0 bridgehead atoms. The van der Waals surface area contributed by atoms with E-state index in [1.165, 1.54) is 12.1 Å². The third kappa shape index (κ3) is 3.13. The van der Waals surface area contributed by atoms with Gasteiger partial charge in [-0.3, -0.25) is 4.79 Å². The first-order valence-electron chi connectivity index (χ1n) is 5.71. The van der Waals surface area contributed by atoms with Crippen molar-refractivity contribution in [2.24, 2.45) is 0 Å². The van der Waals surface area contributed by atoms with Crippen molar-refractivity contribution in [2.75, 3.05) is 13.7 Å². The van der Waals surface area contributed by atoms with Crippen molar-refractivity contribution in [2.45, 2.75) is 6.54 Å². The van der Waals surface area contributed by atoms with E-state index in [4.69, 9.17) is 9.47 Å². The minimum absolute atomic E-state index is 0.0110. The quantitative estimate of drug-likeness (QED) is 0.808. The summed E-state index contributed by atoms with van der Waals surface area (Å²) in [6.45, 7) is 1.20. The maximum atomic E-state index is 10.9. The molecule has 1 aromatic carbocycles. The molecule has 0 aliphatic heterocycles. The lowest BCUT2D eigenvalue weighted by atomic mass is 10.3. The van der Waals surface area contributed by atoms with Crippen LogP contribution in [0, 0.1) is 0 Å². The molecule has 4 nitrogen and oxygen atoms in total. The molecule has 0 saturated heterocycles. The van der Waals surface area contributed by atoms with Gasteiger partial charge in [-0.2, -0.15) is 0 Å². The molecule has 0 saturated carbocycles. The lowest BCUT2D eigenvalue weighted by Gasteiger charge is -2.11. The zero-order valence-corrected chi connectivity index (χ0v) is 10.2. The van der Waals surface area contributed by atoms with E-state index in [1.807, 2.05) is 28.8 Å². The molecule has 0 N–H and O–H groups in total. The average Bonchev–Trinajstić information content (AvgIpc) is 2.41. The lowest BCUT2D eigenvalue weighted by Crippen LogP contribution is -2.10. The number of aromatic nitrogens is 1. The summed E-state index contributed by atoms with van der Waals surface area (Å²) in [6, 6.07) is 10.6. The van der Waals surface area contributed by atoms with Crippen LogP contribution in [0.1, 0.15) is 0 Å². The standard InChI is InChI=1S/C14H15NO3/c1-17-13-4-2-3-5-14(13)18-11-10-15-8-6-12(16)7-9-15/h2-9H,10-11H2,1H3. The number of ether oxygens (including phenoxy) is 2. The van der Waals surface area contributed by atoms with Gasteiger partial charge in [-0.25, -0.2) is 0 Å². The fraction of sp³-hybridized carbons (Fsp3) is 0.214. The van der Waals surface area contributed by atoms with E-state index in [2.05, 4.69) is 0 Å². The van der Waals surface area contributed by atoms with Crippen LogP contribution in [0.2, 0.25) is 0 Å². The second-order valence-corrected chi connectivity index (χ2v) is 3.77. The molecule has 94 valence electrons. The summed E-state index contributed by atoms with van der Waals surface area (Å²) in [5.41, 5.74) is 0.0110. The molecule has 0 aliphatic carbocycles. The Kier molecular flexibility index (Phi) is 4.02. The van der Waals surface area contributed by atoms with Crippen molar-refractivity contribution in [1.82, 2.24) is 4.57 Å². The fourth-order valence-electron chi connectivity index (χ4n) is 1.59. The van der Waals surface area contributed by atoms with Crippen LogP contribution in [0.5, 0.6) is 11.5 Å². The Morgan fingerprint density at radius 3 is 2.39 bits per heavy atom. The van der Waals surface area contributed by atoms with Gasteiger partial charge in [-0.05, 0) is 12.1 Å². The summed E-state index contributed by atoms with van der Waals surface area (Å²) >= 11 is 0. The molecule has 0 fully saturated rings. The van der Waals surface area contributed by atoms with Crippen LogP contribution in [0.4, 0.5) is 0 Å². The Labute approximate surface area is 105 Å². The second kappa shape index (κ2) is 5.91. The smallest absolute Gasteiger partial charge is 0.181 e. The second-order valence-electron chi connectivity index (χ2n) is 3.77. The highest BCUT2D eigenvalue weighted by atomic mass is 16.5. The first-order chi connectivity index (χ1) is 8.79. The van der Waals surface area contributed by atoms with E-state index < -0.39 is 0 Å². The Balaban J connectivity index is 1.92.